The molecular formula is C43H54ClN7O7S. The standard InChI is InChI=1S/C43H54ClN7O7S/c1-27(28(2)57-23-39-45-17-8-18-46-39)24-59(54,49-41(53)35-22-50(4)47-42(35)56-6)48-40(52)31-11-15-38-37(20-31)51(21-32-10-13-34(32)29(3)55-5)25-43(26-58-38)16-7-9-30-19-33(44)12-14-36(30)43/h8,11-12,14-15,17-20,22,27-29,32,34H,7,9-10,13,16,21,23-26H2,1-6H3,(H,48,49,52,53,54)/t27-,28+,29+,32+,34+,43+,59?/m1/s1. The Labute approximate surface area is 351 Å². The van der Waals surface area contributed by atoms with Crippen LogP contribution in [0.5, 0.6) is 11.6 Å². The quantitative estimate of drug-likeness (QED) is 0.146. The zero-order valence-electron chi connectivity index (χ0n) is 34.6. The van der Waals surface area contributed by atoms with Crippen LogP contribution in [-0.4, -0.2) is 87.6 Å². The van der Waals surface area contributed by atoms with Crippen LogP contribution in [0.1, 0.15) is 84.1 Å². The van der Waals surface area contributed by atoms with Crippen molar-refractivity contribution in [2.75, 3.05) is 44.6 Å². The molecule has 1 saturated carbocycles. The monoisotopic (exact) mass is 847 g/mol. The predicted molar refractivity (Wildman–Crippen MR) is 225 cm³/mol. The van der Waals surface area contributed by atoms with Gasteiger partial charge in [0.25, 0.3) is 11.8 Å². The molecule has 59 heavy (non-hydrogen) atoms. The number of aromatic nitrogens is 4. The number of carbonyl (C=O) groups is 2. The molecule has 316 valence electrons. The van der Waals surface area contributed by atoms with Crippen LogP contribution in [0.2, 0.25) is 5.02 Å². The molecule has 14 nitrogen and oxygen atoms in total. The van der Waals surface area contributed by atoms with Gasteiger partial charge in [0.2, 0.25) is 5.88 Å². The molecule has 3 aliphatic rings. The SMILES string of the molecule is COc1nn(C)cc1C(=O)NS(=O)(C[C@@H](C)[C@H](C)OCc1ncccn1)=NC(=O)c1ccc2c(c1)N(C[C@@H]1CC[C@H]1[C@H](C)OC)C[C@@]1(CCCc3cc(Cl)ccc31)CO2. The van der Waals surface area contributed by atoms with E-state index in [1.165, 1.54) is 29.1 Å². The molecule has 0 radical (unpaired) electrons. The van der Waals surface area contributed by atoms with E-state index in [0.717, 1.165) is 49.4 Å². The number of fused-ring (bicyclic) bond motifs is 3. The zero-order chi connectivity index (χ0) is 41.9. The highest BCUT2D eigenvalue weighted by atomic mass is 35.5. The third-order valence-electron chi connectivity index (χ3n) is 12.3. The van der Waals surface area contributed by atoms with E-state index < -0.39 is 33.8 Å². The molecule has 7 rings (SSSR count). The van der Waals surface area contributed by atoms with E-state index in [-0.39, 0.29) is 40.9 Å². The number of carbonyl (C=O) groups excluding carboxylic acids is 2. The lowest BCUT2D eigenvalue weighted by atomic mass is 9.68. The van der Waals surface area contributed by atoms with Gasteiger partial charge < -0.3 is 23.8 Å². The number of benzene rings is 2. The number of nitrogens with zero attached hydrogens (tertiary/aromatic N) is 6. The first-order chi connectivity index (χ1) is 28.3. The summed E-state index contributed by atoms with van der Waals surface area (Å²) < 4.78 is 47.0. The van der Waals surface area contributed by atoms with Crippen molar-refractivity contribution in [2.24, 2.45) is 29.2 Å². The summed E-state index contributed by atoms with van der Waals surface area (Å²) >= 11 is 6.48. The van der Waals surface area contributed by atoms with E-state index in [9.17, 15) is 13.8 Å². The van der Waals surface area contributed by atoms with Crippen molar-refractivity contribution in [3.63, 3.8) is 0 Å². The Kier molecular flexibility index (Phi) is 13.0. The molecule has 16 heteroatoms. The van der Waals surface area contributed by atoms with Crippen LogP contribution in [0.25, 0.3) is 0 Å². The van der Waals surface area contributed by atoms with E-state index in [0.29, 0.717) is 36.6 Å². The van der Waals surface area contributed by atoms with E-state index >= 15 is 0 Å². The first-order valence-corrected chi connectivity index (χ1v) is 22.3. The first kappa shape index (κ1) is 42.6. The van der Waals surface area contributed by atoms with Gasteiger partial charge in [0.05, 0.1) is 37.4 Å². The maximum absolute atomic E-state index is 14.9. The van der Waals surface area contributed by atoms with Crippen molar-refractivity contribution in [1.82, 2.24) is 24.5 Å². The number of ether oxygens (including phenoxy) is 4. The Morgan fingerprint density at radius 1 is 1.12 bits per heavy atom. The molecule has 2 aromatic carbocycles. The van der Waals surface area contributed by atoms with Crippen molar-refractivity contribution in [2.45, 2.75) is 77.1 Å². The minimum absolute atomic E-state index is 0.0478. The minimum Gasteiger partial charge on any atom is -0.490 e. The normalized spacial score (nSPS) is 22.3. The summed E-state index contributed by atoms with van der Waals surface area (Å²) in [5, 5.41) is 4.89. The molecule has 4 aromatic rings. The lowest BCUT2D eigenvalue weighted by molar-refractivity contribution is -0.00436. The maximum Gasteiger partial charge on any atom is 0.286 e. The topological polar surface area (TPSA) is 159 Å². The van der Waals surface area contributed by atoms with Crippen molar-refractivity contribution < 1.29 is 32.7 Å². The van der Waals surface area contributed by atoms with Gasteiger partial charge in [-0.3, -0.25) is 19.0 Å². The van der Waals surface area contributed by atoms with Gasteiger partial charge in [0, 0.05) is 61.8 Å². The van der Waals surface area contributed by atoms with Crippen LogP contribution >= 0.6 is 11.6 Å². The van der Waals surface area contributed by atoms with E-state index in [1.54, 1.807) is 50.8 Å². The number of nitrogens with one attached hydrogen (secondary N) is 1. The van der Waals surface area contributed by atoms with Gasteiger partial charge in [0.1, 0.15) is 27.8 Å². The Bertz CT molecular complexity index is 2280. The average molecular weight is 848 g/mol. The lowest BCUT2D eigenvalue weighted by Gasteiger charge is -2.45. The summed E-state index contributed by atoms with van der Waals surface area (Å²) in [6, 6.07) is 13.1. The van der Waals surface area contributed by atoms with Crippen LogP contribution in [0.15, 0.2) is 65.4 Å². The second kappa shape index (κ2) is 18.0. The molecule has 0 bridgehead atoms. The number of halogens is 1. The number of hydrogen-bond acceptors (Lipinski definition) is 11. The number of anilines is 1. The molecule has 3 heterocycles. The highest BCUT2D eigenvalue weighted by molar-refractivity contribution is 7.92. The Balaban J connectivity index is 1.22. The Morgan fingerprint density at radius 3 is 2.64 bits per heavy atom. The second-order valence-corrected chi connectivity index (χ2v) is 18.7. The summed E-state index contributed by atoms with van der Waals surface area (Å²) in [7, 11) is 1.03. The molecule has 1 fully saturated rings. The minimum atomic E-state index is -3.76. The van der Waals surface area contributed by atoms with Crippen LogP contribution in [0, 0.1) is 17.8 Å². The fourth-order valence-corrected chi connectivity index (χ4v) is 10.8. The molecule has 1 N–H and O–H groups in total. The number of hydrogen-bond donors (Lipinski definition) is 1. The van der Waals surface area contributed by atoms with Crippen LogP contribution in [0.4, 0.5) is 5.69 Å². The Morgan fingerprint density at radius 2 is 1.92 bits per heavy atom. The molecular weight excluding hydrogens is 794 g/mol. The summed E-state index contributed by atoms with van der Waals surface area (Å²) in [6.45, 7) is 7.81. The maximum atomic E-state index is 14.9. The van der Waals surface area contributed by atoms with Crippen LogP contribution < -0.4 is 19.1 Å². The molecule has 2 aromatic heterocycles. The highest BCUT2D eigenvalue weighted by Crippen LogP contribution is 2.47. The first-order valence-electron chi connectivity index (χ1n) is 20.2. The van der Waals surface area contributed by atoms with Gasteiger partial charge in [-0.25, -0.2) is 14.2 Å². The van der Waals surface area contributed by atoms with Gasteiger partial charge in [0.15, 0.2) is 5.82 Å². The fraction of sp³-hybridized carbons (Fsp3) is 0.512. The summed E-state index contributed by atoms with van der Waals surface area (Å²) in [5.41, 5.74) is 3.24. The van der Waals surface area contributed by atoms with Gasteiger partial charge >= 0.3 is 0 Å². The third-order valence-corrected chi connectivity index (χ3v) is 14.5. The van der Waals surface area contributed by atoms with Crippen LogP contribution in [0.3, 0.4) is 0 Å². The van der Waals surface area contributed by atoms with E-state index in [2.05, 4.69) is 48.1 Å². The van der Waals surface area contributed by atoms with Gasteiger partial charge in [-0.2, -0.15) is 0 Å². The van der Waals surface area contributed by atoms with Crippen molar-refractivity contribution >= 4 is 39.0 Å². The number of rotatable bonds is 14. The van der Waals surface area contributed by atoms with E-state index in [1.807, 2.05) is 19.9 Å². The number of aryl methyl sites for hydroxylation is 2. The van der Waals surface area contributed by atoms with Crippen LogP contribution in [-0.2, 0) is 44.9 Å². The predicted octanol–water partition coefficient (Wildman–Crippen LogP) is 6.60. The van der Waals surface area contributed by atoms with Crippen molar-refractivity contribution in [3.05, 3.63) is 94.2 Å². The van der Waals surface area contributed by atoms with Crippen molar-refractivity contribution in [3.8, 4) is 11.6 Å². The molecule has 1 aliphatic heterocycles. The smallest absolute Gasteiger partial charge is 0.286 e. The second-order valence-electron chi connectivity index (χ2n) is 16.2. The molecule has 1 spiro atoms. The van der Waals surface area contributed by atoms with E-state index in [4.69, 9.17) is 30.5 Å². The zero-order valence-corrected chi connectivity index (χ0v) is 36.1. The van der Waals surface area contributed by atoms with Gasteiger partial charge in [-0.1, -0.05) is 24.6 Å². The molecule has 1 unspecified atom stereocenters. The van der Waals surface area contributed by atoms with Crippen molar-refractivity contribution in [1.29, 1.82) is 0 Å². The highest BCUT2D eigenvalue weighted by Gasteiger charge is 2.44. The Hall–Kier alpha value is -4.57. The third kappa shape index (κ3) is 9.43. The summed E-state index contributed by atoms with van der Waals surface area (Å²) in [4.78, 5) is 38.8. The fourth-order valence-electron chi connectivity index (χ4n) is 8.67. The summed E-state index contributed by atoms with van der Waals surface area (Å²) in [5.74, 6) is -0.0996. The summed E-state index contributed by atoms with van der Waals surface area (Å²) in [6.07, 6.45) is 9.43. The number of amides is 2. The average Bonchev–Trinajstić information content (AvgIpc) is 3.53. The molecule has 7 atom stereocenters. The van der Waals surface area contributed by atoms with Gasteiger partial charge in [-0.05, 0) is 111 Å². The molecule has 2 aliphatic carbocycles. The largest absolute Gasteiger partial charge is 0.490 e. The molecule has 0 saturated heterocycles. The number of methoxy groups -OCH3 is 2. The molecule has 2 amide bonds. The van der Waals surface area contributed by atoms with Gasteiger partial charge in [-0.15, -0.1) is 9.46 Å². The lowest BCUT2D eigenvalue weighted by Crippen LogP contribution is -2.49.